The summed E-state index contributed by atoms with van der Waals surface area (Å²) in [6.45, 7) is -0.0307. The summed E-state index contributed by atoms with van der Waals surface area (Å²) in [5.74, 6) is 0.258. The third-order valence-corrected chi connectivity index (χ3v) is 4.66. The van der Waals surface area contributed by atoms with Crippen molar-refractivity contribution < 1.29 is 14.5 Å². The van der Waals surface area contributed by atoms with Crippen LogP contribution in [0.5, 0.6) is 5.75 Å². The Morgan fingerprint density at radius 1 is 1.27 bits per heavy atom. The molecule has 0 aliphatic heterocycles. The van der Waals surface area contributed by atoms with Crippen molar-refractivity contribution in [2.45, 2.75) is 6.73 Å². The molecule has 1 N–H and O–H groups in total. The number of hydrogen-bond donors (Lipinski definition) is 1. The summed E-state index contributed by atoms with van der Waals surface area (Å²) in [6.07, 6.45) is 1.57. The Morgan fingerprint density at radius 2 is 2.07 bits per heavy atom. The molecule has 2 aromatic heterocycles. The molecule has 1 amide bonds. The number of ether oxygens (including phenoxy) is 1. The molecule has 11 heteroatoms. The number of carbonyl (C=O) groups excluding carboxylic acids is 1. The fourth-order valence-corrected chi connectivity index (χ4v) is 3.06. The van der Waals surface area contributed by atoms with Crippen LogP contribution >= 0.6 is 11.6 Å². The first-order valence-electron chi connectivity index (χ1n) is 8.75. The van der Waals surface area contributed by atoms with Gasteiger partial charge in [0.25, 0.3) is 11.6 Å². The first-order valence-corrected chi connectivity index (χ1v) is 9.13. The molecule has 2 aromatic carbocycles. The maximum Gasteiger partial charge on any atom is 0.278 e. The first-order chi connectivity index (χ1) is 14.4. The lowest BCUT2D eigenvalue weighted by molar-refractivity contribution is -0.384. The molecule has 0 radical (unpaired) electrons. The number of aryl methyl sites for hydroxylation is 1. The minimum Gasteiger partial charge on any atom is -0.470 e. The second kappa shape index (κ2) is 7.84. The van der Waals surface area contributed by atoms with Crippen LogP contribution in [0.4, 0.5) is 11.6 Å². The van der Waals surface area contributed by atoms with Gasteiger partial charge in [-0.25, -0.2) is 9.67 Å². The van der Waals surface area contributed by atoms with Crippen LogP contribution in [0, 0.1) is 10.1 Å². The zero-order valence-corrected chi connectivity index (χ0v) is 16.4. The molecule has 10 nitrogen and oxygen atoms in total. The van der Waals surface area contributed by atoms with Crippen molar-refractivity contribution in [3.8, 4) is 5.75 Å². The summed E-state index contributed by atoms with van der Waals surface area (Å²) >= 11 is 6.00. The highest BCUT2D eigenvalue weighted by Crippen LogP contribution is 2.28. The van der Waals surface area contributed by atoms with E-state index in [0.29, 0.717) is 5.95 Å². The van der Waals surface area contributed by atoms with E-state index in [1.807, 2.05) is 31.3 Å². The monoisotopic (exact) mass is 426 g/mol. The number of carbonyl (C=O) groups is 1. The highest BCUT2D eigenvalue weighted by atomic mass is 35.5. The molecule has 152 valence electrons. The maximum atomic E-state index is 12.5. The molecule has 0 unspecified atom stereocenters. The Labute approximate surface area is 174 Å². The molecular formula is C19H15ClN6O4. The van der Waals surface area contributed by atoms with Gasteiger partial charge >= 0.3 is 0 Å². The van der Waals surface area contributed by atoms with Gasteiger partial charge in [-0.3, -0.25) is 20.2 Å². The van der Waals surface area contributed by atoms with E-state index < -0.39 is 10.8 Å². The number of imidazole rings is 1. The Hall–Kier alpha value is -3.92. The number of aromatic nitrogens is 4. The van der Waals surface area contributed by atoms with Crippen molar-refractivity contribution in [1.29, 1.82) is 0 Å². The molecule has 0 atom stereocenters. The van der Waals surface area contributed by atoms with Crippen LogP contribution in [0.2, 0.25) is 5.02 Å². The van der Waals surface area contributed by atoms with E-state index in [0.717, 1.165) is 11.0 Å². The summed E-state index contributed by atoms with van der Waals surface area (Å²) in [7, 11) is 1.81. The fraction of sp³-hybridized carbons (Fsp3) is 0.105. The van der Waals surface area contributed by atoms with Crippen molar-refractivity contribution in [3.63, 3.8) is 0 Å². The minimum absolute atomic E-state index is 0.0307. The van der Waals surface area contributed by atoms with Crippen LogP contribution in [-0.2, 0) is 13.8 Å². The Bertz CT molecular complexity index is 1270. The SMILES string of the molecule is Cn1c(NC(=O)c2ccn(COc3ccc([N+](=O)[O-])cc3Cl)n2)nc2ccccc21. The smallest absolute Gasteiger partial charge is 0.278 e. The van der Waals surface area contributed by atoms with Gasteiger partial charge in [0, 0.05) is 25.4 Å². The van der Waals surface area contributed by atoms with Crippen LogP contribution in [0.15, 0.2) is 54.7 Å². The Morgan fingerprint density at radius 3 is 2.80 bits per heavy atom. The summed E-state index contributed by atoms with van der Waals surface area (Å²) in [5, 5.41) is 17.8. The molecule has 0 aliphatic carbocycles. The van der Waals surface area contributed by atoms with E-state index >= 15 is 0 Å². The molecule has 0 fully saturated rings. The van der Waals surface area contributed by atoms with Crippen LogP contribution in [0.25, 0.3) is 11.0 Å². The Balaban J connectivity index is 1.43. The number of nitro benzene ring substituents is 1. The molecule has 0 aliphatic rings. The molecule has 30 heavy (non-hydrogen) atoms. The number of non-ortho nitro benzene ring substituents is 1. The van der Waals surface area contributed by atoms with Gasteiger partial charge in [0.15, 0.2) is 12.4 Å². The van der Waals surface area contributed by atoms with E-state index in [-0.39, 0.29) is 28.9 Å². The van der Waals surface area contributed by atoms with Crippen LogP contribution in [0.3, 0.4) is 0 Å². The van der Waals surface area contributed by atoms with Crippen LogP contribution in [0.1, 0.15) is 10.5 Å². The van der Waals surface area contributed by atoms with E-state index in [2.05, 4.69) is 15.4 Å². The van der Waals surface area contributed by atoms with Crippen molar-refractivity contribution in [2.75, 3.05) is 5.32 Å². The summed E-state index contributed by atoms with van der Waals surface area (Å²) < 4.78 is 8.71. The largest absolute Gasteiger partial charge is 0.470 e. The molecule has 4 aromatic rings. The number of nitro groups is 1. The summed E-state index contributed by atoms with van der Waals surface area (Å²) in [6, 6.07) is 13.0. The van der Waals surface area contributed by atoms with E-state index in [4.69, 9.17) is 16.3 Å². The lowest BCUT2D eigenvalue weighted by Crippen LogP contribution is -2.16. The van der Waals surface area contributed by atoms with Crippen molar-refractivity contribution in [3.05, 3.63) is 75.6 Å². The lowest BCUT2D eigenvalue weighted by Gasteiger charge is -2.07. The van der Waals surface area contributed by atoms with Gasteiger partial charge in [-0.2, -0.15) is 5.10 Å². The number of halogens is 1. The second-order valence-electron chi connectivity index (χ2n) is 6.32. The number of para-hydroxylation sites is 2. The highest BCUT2D eigenvalue weighted by Gasteiger charge is 2.15. The number of benzene rings is 2. The average molecular weight is 427 g/mol. The van der Waals surface area contributed by atoms with Crippen LogP contribution in [-0.4, -0.2) is 30.2 Å². The zero-order valence-electron chi connectivity index (χ0n) is 15.7. The van der Waals surface area contributed by atoms with Gasteiger partial charge in [0.1, 0.15) is 5.75 Å². The van der Waals surface area contributed by atoms with Crippen LogP contribution < -0.4 is 10.1 Å². The number of nitrogens with zero attached hydrogens (tertiary/aromatic N) is 5. The summed E-state index contributed by atoms with van der Waals surface area (Å²) in [5.41, 5.74) is 1.72. The van der Waals surface area contributed by atoms with E-state index in [9.17, 15) is 14.9 Å². The van der Waals surface area contributed by atoms with Gasteiger partial charge in [0.2, 0.25) is 5.95 Å². The van der Waals surface area contributed by atoms with Crippen molar-refractivity contribution in [2.24, 2.45) is 7.05 Å². The third-order valence-electron chi connectivity index (χ3n) is 4.36. The second-order valence-corrected chi connectivity index (χ2v) is 6.73. The van der Waals surface area contributed by atoms with E-state index in [1.165, 1.54) is 22.9 Å². The average Bonchev–Trinajstić information content (AvgIpc) is 3.32. The standard InChI is InChI=1S/C19H15ClN6O4/c1-24-16-5-3-2-4-14(16)21-19(24)22-18(27)15-8-9-25(23-15)11-30-17-7-6-12(26(28)29)10-13(17)20/h2-10H,11H2,1H3,(H,21,22,27). The number of nitrogens with one attached hydrogen (secondary N) is 1. The molecule has 0 spiro atoms. The minimum atomic E-state index is -0.543. The predicted molar refractivity (Wildman–Crippen MR) is 110 cm³/mol. The van der Waals surface area contributed by atoms with Gasteiger partial charge < -0.3 is 9.30 Å². The maximum absolute atomic E-state index is 12.5. The molecule has 0 saturated carbocycles. The number of fused-ring (bicyclic) bond motifs is 1. The number of rotatable bonds is 6. The Kier molecular flexibility index (Phi) is 5.07. The van der Waals surface area contributed by atoms with Gasteiger partial charge in [-0.1, -0.05) is 23.7 Å². The van der Waals surface area contributed by atoms with Gasteiger partial charge in [0.05, 0.1) is 21.0 Å². The molecular weight excluding hydrogens is 412 g/mol. The first kappa shape index (κ1) is 19.4. The molecule has 0 saturated heterocycles. The van der Waals surface area contributed by atoms with Gasteiger partial charge in [-0.15, -0.1) is 0 Å². The topological polar surface area (TPSA) is 117 Å². The molecule has 4 rings (SSSR count). The number of hydrogen-bond acceptors (Lipinski definition) is 6. The van der Waals surface area contributed by atoms with Gasteiger partial charge in [-0.05, 0) is 24.3 Å². The van der Waals surface area contributed by atoms with Crippen molar-refractivity contribution >= 4 is 40.2 Å². The number of anilines is 1. The summed E-state index contributed by atoms with van der Waals surface area (Å²) in [4.78, 5) is 27.1. The third kappa shape index (κ3) is 3.80. The van der Waals surface area contributed by atoms with Crippen molar-refractivity contribution in [1.82, 2.24) is 19.3 Å². The quantitative estimate of drug-likeness (QED) is 0.371. The highest BCUT2D eigenvalue weighted by molar-refractivity contribution is 6.32. The lowest BCUT2D eigenvalue weighted by atomic mass is 10.3. The molecule has 0 bridgehead atoms. The molecule has 2 heterocycles. The van der Waals surface area contributed by atoms with E-state index in [1.54, 1.807) is 16.8 Å². The zero-order chi connectivity index (χ0) is 21.3. The predicted octanol–water partition coefficient (Wildman–Crippen LogP) is 3.62. The number of amides is 1. The fourth-order valence-electron chi connectivity index (χ4n) is 2.83. The normalized spacial score (nSPS) is 10.9.